The quantitative estimate of drug-likeness (QED) is 0.781. The van der Waals surface area contributed by atoms with Gasteiger partial charge in [0.05, 0.1) is 0 Å². The predicted octanol–water partition coefficient (Wildman–Crippen LogP) is 2.62. The standard InChI is InChI=1S/C13H16Cl2N2O/c1-10(14)13(18)17-7-5-16(6-8-17)12-4-2-3-11(15)9-12/h2-4,9-10H,5-8H2,1H3/t10-/m0/s1. The first-order valence-corrected chi connectivity index (χ1v) is 6.83. The number of alkyl halides is 1. The molecule has 0 unspecified atom stereocenters. The van der Waals surface area contributed by atoms with Crippen LogP contribution in [0.3, 0.4) is 0 Å². The molecule has 0 aromatic heterocycles. The highest BCUT2D eigenvalue weighted by Gasteiger charge is 2.23. The highest BCUT2D eigenvalue weighted by molar-refractivity contribution is 6.31. The zero-order valence-electron chi connectivity index (χ0n) is 10.3. The monoisotopic (exact) mass is 286 g/mol. The highest BCUT2D eigenvalue weighted by Crippen LogP contribution is 2.21. The van der Waals surface area contributed by atoms with Crippen LogP contribution >= 0.6 is 23.2 Å². The average Bonchev–Trinajstić information content (AvgIpc) is 2.38. The Kier molecular flexibility index (Phi) is 4.36. The number of piperazine rings is 1. The second-order valence-corrected chi connectivity index (χ2v) is 5.50. The van der Waals surface area contributed by atoms with Crippen molar-refractivity contribution in [1.29, 1.82) is 0 Å². The normalized spacial score (nSPS) is 17.7. The molecular formula is C13H16Cl2N2O. The summed E-state index contributed by atoms with van der Waals surface area (Å²) >= 11 is 11.8. The summed E-state index contributed by atoms with van der Waals surface area (Å²) in [4.78, 5) is 15.8. The van der Waals surface area contributed by atoms with E-state index >= 15 is 0 Å². The fourth-order valence-corrected chi connectivity index (χ4v) is 2.43. The molecular weight excluding hydrogens is 271 g/mol. The number of carbonyl (C=O) groups is 1. The fraction of sp³-hybridized carbons (Fsp3) is 0.462. The maximum absolute atomic E-state index is 11.7. The van der Waals surface area contributed by atoms with Crippen LogP contribution in [0.15, 0.2) is 24.3 Å². The first-order chi connectivity index (χ1) is 8.58. The summed E-state index contributed by atoms with van der Waals surface area (Å²) in [5.74, 6) is 0.0161. The van der Waals surface area contributed by atoms with Crippen molar-refractivity contribution < 1.29 is 4.79 Å². The van der Waals surface area contributed by atoms with Crippen molar-refractivity contribution in [3.63, 3.8) is 0 Å². The molecule has 1 aromatic rings. The van der Waals surface area contributed by atoms with Gasteiger partial charge in [0.25, 0.3) is 0 Å². The number of nitrogens with zero attached hydrogens (tertiary/aromatic N) is 2. The van der Waals surface area contributed by atoms with Crippen LogP contribution in [-0.2, 0) is 4.79 Å². The van der Waals surface area contributed by atoms with Crippen LogP contribution in [0.5, 0.6) is 0 Å². The Hall–Kier alpha value is -0.930. The summed E-state index contributed by atoms with van der Waals surface area (Å²) in [7, 11) is 0. The molecule has 1 fully saturated rings. The Morgan fingerprint density at radius 2 is 1.94 bits per heavy atom. The third-order valence-electron chi connectivity index (χ3n) is 3.10. The Labute approximate surface area is 117 Å². The number of halogens is 2. The van der Waals surface area contributed by atoms with Crippen LogP contribution in [0, 0.1) is 0 Å². The first-order valence-electron chi connectivity index (χ1n) is 6.01. The van der Waals surface area contributed by atoms with Crippen LogP contribution in [0.25, 0.3) is 0 Å². The maximum Gasteiger partial charge on any atom is 0.240 e. The van der Waals surface area contributed by atoms with E-state index in [9.17, 15) is 4.79 Å². The molecule has 1 aliphatic rings. The fourth-order valence-electron chi connectivity index (χ4n) is 2.11. The Morgan fingerprint density at radius 1 is 1.28 bits per heavy atom. The van der Waals surface area contributed by atoms with Gasteiger partial charge in [-0.05, 0) is 25.1 Å². The molecule has 1 aliphatic heterocycles. The van der Waals surface area contributed by atoms with E-state index in [1.807, 2.05) is 29.2 Å². The minimum absolute atomic E-state index is 0.0161. The SMILES string of the molecule is C[C@H](Cl)C(=O)N1CCN(c2cccc(Cl)c2)CC1. The largest absolute Gasteiger partial charge is 0.368 e. The molecule has 1 saturated heterocycles. The maximum atomic E-state index is 11.7. The second kappa shape index (κ2) is 5.81. The Bertz CT molecular complexity index is 429. The summed E-state index contributed by atoms with van der Waals surface area (Å²) < 4.78 is 0. The molecule has 5 heteroatoms. The Balaban J connectivity index is 1.96. The van der Waals surface area contributed by atoms with Crippen molar-refractivity contribution in [2.75, 3.05) is 31.1 Å². The lowest BCUT2D eigenvalue weighted by atomic mass is 10.2. The van der Waals surface area contributed by atoms with Crippen molar-refractivity contribution in [2.24, 2.45) is 0 Å². The molecule has 18 heavy (non-hydrogen) atoms. The van der Waals surface area contributed by atoms with E-state index < -0.39 is 5.38 Å². The summed E-state index contributed by atoms with van der Waals surface area (Å²) in [5, 5.41) is 0.295. The van der Waals surface area contributed by atoms with Crippen LogP contribution in [-0.4, -0.2) is 42.4 Å². The third-order valence-corrected chi connectivity index (χ3v) is 3.53. The summed E-state index contributed by atoms with van der Waals surface area (Å²) in [6.45, 7) is 4.77. The second-order valence-electron chi connectivity index (χ2n) is 4.41. The molecule has 0 spiro atoms. The zero-order chi connectivity index (χ0) is 13.1. The van der Waals surface area contributed by atoms with E-state index in [1.54, 1.807) is 6.92 Å². The first kappa shape index (κ1) is 13.5. The van der Waals surface area contributed by atoms with Crippen LogP contribution < -0.4 is 4.90 Å². The lowest BCUT2D eigenvalue weighted by Gasteiger charge is -2.36. The molecule has 3 nitrogen and oxygen atoms in total. The van der Waals surface area contributed by atoms with Gasteiger partial charge in [-0.2, -0.15) is 0 Å². The van der Waals surface area contributed by atoms with Gasteiger partial charge < -0.3 is 9.80 Å². The Morgan fingerprint density at radius 3 is 2.50 bits per heavy atom. The predicted molar refractivity (Wildman–Crippen MR) is 75.6 cm³/mol. The van der Waals surface area contributed by atoms with E-state index in [-0.39, 0.29) is 5.91 Å². The van der Waals surface area contributed by atoms with E-state index in [0.29, 0.717) is 13.1 Å². The van der Waals surface area contributed by atoms with Gasteiger partial charge in [0.15, 0.2) is 0 Å². The van der Waals surface area contributed by atoms with E-state index in [4.69, 9.17) is 23.2 Å². The molecule has 1 amide bonds. The molecule has 1 heterocycles. The summed E-state index contributed by atoms with van der Waals surface area (Å²) in [6, 6.07) is 7.78. The van der Waals surface area contributed by atoms with Gasteiger partial charge in [-0.3, -0.25) is 4.79 Å². The van der Waals surface area contributed by atoms with Crippen LogP contribution in [0.4, 0.5) is 5.69 Å². The number of amides is 1. The van der Waals surface area contributed by atoms with Crippen molar-refractivity contribution in [3.05, 3.63) is 29.3 Å². The number of rotatable bonds is 2. The van der Waals surface area contributed by atoms with Crippen molar-refractivity contribution in [1.82, 2.24) is 4.90 Å². The lowest BCUT2D eigenvalue weighted by molar-refractivity contribution is -0.130. The minimum atomic E-state index is -0.442. The summed E-state index contributed by atoms with van der Waals surface area (Å²) in [6.07, 6.45) is 0. The summed E-state index contributed by atoms with van der Waals surface area (Å²) in [5.41, 5.74) is 1.11. The number of carbonyl (C=O) groups excluding carboxylic acids is 1. The van der Waals surface area contributed by atoms with Gasteiger partial charge >= 0.3 is 0 Å². The van der Waals surface area contributed by atoms with Gasteiger partial charge in [-0.15, -0.1) is 11.6 Å². The molecule has 0 saturated carbocycles. The van der Waals surface area contributed by atoms with Gasteiger partial charge in [0.2, 0.25) is 5.91 Å². The van der Waals surface area contributed by atoms with Gasteiger partial charge in [-0.25, -0.2) is 0 Å². The van der Waals surface area contributed by atoms with Gasteiger partial charge in [0, 0.05) is 36.9 Å². The number of hydrogen-bond acceptors (Lipinski definition) is 2. The van der Waals surface area contributed by atoms with Crippen molar-refractivity contribution in [3.8, 4) is 0 Å². The van der Waals surface area contributed by atoms with Gasteiger partial charge in [-0.1, -0.05) is 17.7 Å². The van der Waals surface area contributed by atoms with Crippen molar-refractivity contribution in [2.45, 2.75) is 12.3 Å². The molecule has 2 rings (SSSR count). The van der Waals surface area contributed by atoms with Crippen molar-refractivity contribution >= 4 is 34.8 Å². The minimum Gasteiger partial charge on any atom is -0.368 e. The molecule has 0 aliphatic carbocycles. The number of hydrogen-bond donors (Lipinski definition) is 0. The molecule has 1 atom stereocenters. The van der Waals surface area contributed by atoms with E-state index in [2.05, 4.69) is 4.90 Å². The van der Waals surface area contributed by atoms with E-state index in [0.717, 1.165) is 23.8 Å². The number of anilines is 1. The highest BCUT2D eigenvalue weighted by atomic mass is 35.5. The van der Waals surface area contributed by atoms with Crippen LogP contribution in [0.2, 0.25) is 5.02 Å². The van der Waals surface area contributed by atoms with Crippen LogP contribution in [0.1, 0.15) is 6.92 Å². The molecule has 1 aromatic carbocycles. The van der Waals surface area contributed by atoms with Gasteiger partial charge in [0.1, 0.15) is 5.38 Å². The topological polar surface area (TPSA) is 23.6 Å². The molecule has 98 valence electrons. The number of benzene rings is 1. The smallest absolute Gasteiger partial charge is 0.240 e. The molecule has 0 bridgehead atoms. The average molecular weight is 287 g/mol. The lowest BCUT2D eigenvalue weighted by Crippen LogP contribution is -2.50. The zero-order valence-corrected chi connectivity index (χ0v) is 11.8. The molecule has 0 radical (unpaired) electrons. The van der Waals surface area contributed by atoms with E-state index in [1.165, 1.54) is 0 Å². The molecule has 0 N–H and O–H groups in total. The third kappa shape index (κ3) is 3.09.